The quantitative estimate of drug-likeness (QED) is 0.223. The Bertz CT molecular complexity index is 1710. The minimum absolute atomic E-state index is 0.0370. The molecule has 1 aliphatic heterocycles. The van der Waals surface area contributed by atoms with Crippen molar-refractivity contribution in [1.82, 2.24) is 19.8 Å². The molecule has 0 bridgehead atoms. The van der Waals surface area contributed by atoms with Crippen LogP contribution in [-0.4, -0.2) is 33.4 Å². The molecular weight excluding hydrogens is 589 g/mol. The first-order valence-electron chi connectivity index (χ1n) is 14.5. The smallest absolute Gasteiger partial charge is 0.416 e. The van der Waals surface area contributed by atoms with Gasteiger partial charge in [-0.1, -0.05) is 42.8 Å². The number of benzene rings is 3. The normalized spacial score (nSPS) is 16.7. The van der Waals surface area contributed by atoms with E-state index in [0.717, 1.165) is 48.5 Å². The highest BCUT2D eigenvalue weighted by Gasteiger charge is 2.35. The van der Waals surface area contributed by atoms with E-state index in [1.165, 1.54) is 12.1 Å². The lowest BCUT2D eigenvalue weighted by atomic mass is 9.84. The highest BCUT2D eigenvalue weighted by molar-refractivity contribution is 7.80. The fourth-order valence-electron chi connectivity index (χ4n) is 5.54. The van der Waals surface area contributed by atoms with Crippen LogP contribution in [0, 0.1) is 0 Å². The fraction of sp³-hybridized carbons (Fsp3) is 0.303. The van der Waals surface area contributed by atoms with Crippen LogP contribution < -0.4 is 15.6 Å². The van der Waals surface area contributed by atoms with Gasteiger partial charge in [0.05, 0.1) is 29.1 Å². The molecule has 11 heteroatoms. The van der Waals surface area contributed by atoms with Gasteiger partial charge in [-0.05, 0) is 60.9 Å². The third-order valence-electron chi connectivity index (χ3n) is 8.10. The number of carbonyl (C=O) groups excluding carboxylic acids is 1. The molecule has 1 unspecified atom stereocenters. The second-order valence-electron chi connectivity index (χ2n) is 11.0. The molecule has 7 nitrogen and oxygen atoms in total. The standard InChI is InChI=1S/C33H31F3N4O3S/c34-33(35,36)23-8-5-11-26(18-23)43-25-14-12-21(13-15-25)19-37-20-28(41)39-17-16-27-29(32(39)44)31(42)40(24-9-2-1-3-10-24)30(38-27)22-6-4-7-22/h1-3,5,8-15,18,22,32,37,44H,4,6-7,16-17,19-20H2. The summed E-state index contributed by atoms with van der Waals surface area (Å²) in [5.41, 5.74) is 1.81. The second-order valence-corrected chi connectivity index (χ2v) is 11.5. The van der Waals surface area contributed by atoms with Crippen LogP contribution in [-0.2, 0) is 23.9 Å². The van der Waals surface area contributed by atoms with E-state index in [9.17, 15) is 22.8 Å². The summed E-state index contributed by atoms with van der Waals surface area (Å²) in [5, 5.41) is 2.42. The van der Waals surface area contributed by atoms with Crippen molar-refractivity contribution in [2.24, 2.45) is 0 Å². The lowest BCUT2D eigenvalue weighted by molar-refractivity contribution is -0.137. The Morgan fingerprint density at radius 1 is 1.00 bits per heavy atom. The second kappa shape index (κ2) is 12.5. The number of nitrogens with one attached hydrogen (secondary N) is 1. The molecular formula is C33H31F3N4O3S. The van der Waals surface area contributed by atoms with Crippen LogP contribution in [0.15, 0.2) is 83.7 Å². The zero-order valence-corrected chi connectivity index (χ0v) is 24.7. The number of alkyl halides is 3. The van der Waals surface area contributed by atoms with Gasteiger partial charge in [0, 0.05) is 25.4 Å². The summed E-state index contributed by atoms with van der Waals surface area (Å²) in [6.07, 6.45) is -0.840. The number of rotatable bonds is 8. The number of thiol groups is 1. The molecule has 2 heterocycles. The van der Waals surface area contributed by atoms with Crippen molar-refractivity contribution in [3.8, 4) is 17.2 Å². The average Bonchev–Trinajstić information content (AvgIpc) is 2.97. The number of halogens is 3. The summed E-state index contributed by atoms with van der Waals surface area (Å²) in [6, 6.07) is 21.0. The van der Waals surface area contributed by atoms with Crippen molar-refractivity contribution in [3.05, 3.63) is 117 Å². The maximum Gasteiger partial charge on any atom is 0.416 e. The van der Waals surface area contributed by atoms with Crippen molar-refractivity contribution in [1.29, 1.82) is 0 Å². The van der Waals surface area contributed by atoms with Crippen molar-refractivity contribution >= 4 is 18.5 Å². The third-order valence-corrected chi connectivity index (χ3v) is 8.63. The van der Waals surface area contributed by atoms with E-state index in [1.807, 2.05) is 30.3 Å². The highest BCUT2D eigenvalue weighted by atomic mass is 32.1. The van der Waals surface area contributed by atoms with Crippen molar-refractivity contribution in [2.45, 2.75) is 49.7 Å². The molecule has 6 rings (SSSR count). The lowest BCUT2D eigenvalue weighted by Gasteiger charge is -2.35. The van der Waals surface area contributed by atoms with Gasteiger partial charge in [-0.15, -0.1) is 12.6 Å². The fourth-order valence-corrected chi connectivity index (χ4v) is 6.05. The average molecular weight is 621 g/mol. The van der Waals surface area contributed by atoms with Gasteiger partial charge in [-0.3, -0.25) is 14.2 Å². The molecule has 0 spiro atoms. The van der Waals surface area contributed by atoms with Crippen molar-refractivity contribution in [3.63, 3.8) is 0 Å². The number of aromatic nitrogens is 2. The summed E-state index contributed by atoms with van der Waals surface area (Å²) in [5.74, 6) is 1.33. The van der Waals surface area contributed by atoms with Crippen LogP contribution in [0.1, 0.15) is 58.8 Å². The zero-order valence-electron chi connectivity index (χ0n) is 23.8. The van der Waals surface area contributed by atoms with Gasteiger partial charge >= 0.3 is 6.18 Å². The van der Waals surface area contributed by atoms with Gasteiger partial charge in [0.15, 0.2) is 0 Å². The summed E-state index contributed by atoms with van der Waals surface area (Å²) in [4.78, 5) is 33.7. The van der Waals surface area contributed by atoms with Crippen molar-refractivity contribution in [2.75, 3.05) is 13.1 Å². The largest absolute Gasteiger partial charge is 0.457 e. The molecule has 0 saturated heterocycles. The molecule has 1 N–H and O–H groups in total. The molecule has 1 aliphatic carbocycles. The Hall–Kier alpha value is -4.09. The summed E-state index contributed by atoms with van der Waals surface area (Å²) in [6.45, 7) is 0.828. The molecule has 44 heavy (non-hydrogen) atoms. The van der Waals surface area contributed by atoms with E-state index < -0.39 is 17.1 Å². The van der Waals surface area contributed by atoms with Gasteiger partial charge < -0.3 is 15.0 Å². The van der Waals surface area contributed by atoms with E-state index in [1.54, 1.807) is 33.7 Å². The predicted molar refractivity (Wildman–Crippen MR) is 163 cm³/mol. The summed E-state index contributed by atoms with van der Waals surface area (Å²) in [7, 11) is 0. The van der Waals surface area contributed by atoms with Crippen molar-refractivity contribution < 1.29 is 22.7 Å². The Kier molecular flexibility index (Phi) is 8.50. The van der Waals surface area contributed by atoms with Crippen LogP contribution in [0.4, 0.5) is 13.2 Å². The molecule has 1 saturated carbocycles. The number of para-hydroxylation sites is 1. The number of amides is 1. The van der Waals surface area contributed by atoms with Gasteiger partial charge in [-0.2, -0.15) is 13.2 Å². The molecule has 1 aromatic heterocycles. The molecule has 1 atom stereocenters. The molecule has 228 valence electrons. The Balaban J connectivity index is 1.10. The maximum absolute atomic E-state index is 13.9. The Morgan fingerprint density at radius 2 is 1.75 bits per heavy atom. The first-order valence-corrected chi connectivity index (χ1v) is 15.0. The monoisotopic (exact) mass is 620 g/mol. The summed E-state index contributed by atoms with van der Waals surface area (Å²) >= 11 is 4.74. The molecule has 0 radical (unpaired) electrons. The number of carbonyl (C=O) groups is 1. The van der Waals surface area contributed by atoms with Crippen LogP contribution in [0.5, 0.6) is 11.5 Å². The topological polar surface area (TPSA) is 76.5 Å². The molecule has 1 fully saturated rings. The van der Waals surface area contributed by atoms with Crippen LogP contribution in [0.2, 0.25) is 0 Å². The first-order chi connectivity index (χ1) is 21.2. The van der Waals surface area contributed by atoms with Crippen LogP contribution in [0.25, 0.3) is 5.69 Å². The van der Waals surface area contributed by atoms with Gasteiger partial charge in [0.1, 0.15) is 22.7 Å². The molecule has 2 aliphatic rings. The first kappa shape index (κ1) is 30.0. The van der Waals surface area contributed by atoms with Gasteiger partial charge in [-0.25, -0.2) is 4.98 Å². The highest BCUT2D eigenvalue weighted by Crippen LogP contribution is 2.38. The SMILES string of the molecule is O=C(CNCc1ccc(Oc2cccc(C(F)(F)F)c2)cc1)N1CCc2nc(C3CCC3)n(-c3ccccc3)c(=O)c2C1S. The molecule has 4 aromatic rings. The molecule has 3 aromatic carbocycles. The van der Waals surface area contributed by atoms with Gasteiger partial charge in [0.25, 0.3) is 5.56 Å². The third kappa shape index (κ3) is 6.25. The Labute approximate surface area is 258 Å². The summed E-state index contributed by atoms with van der Waals surface area (Å²) < 4.78 is 46.2. The lowest BCUT2D eigenvalue weighted by Crippen LogP contribution is -2.46. The van der Waals surface area contributed by atoms with E-state index in [-0.39, 0.29) is 29.7 Å². The van der Waals surface area contributed by atoms with E-state index in [4.69, 9.17) is 22.3 Å². The number of nitrogens with zero attached hydrogens (tertiary/aromatic N) is 3. The number of fused-ring (bicyclic) bond motifs is 1. The predicted octanol–water partition coefficient (Wildman–Crippen LogP) is 6.41. The van der Waals surface area contributed by atoms with E-state index in [0.29, 0.717) is 36.5 Å². The molecule has 1 amide bonds. The van der Waals surface area contributed by atoms with Gasteiger partial charge in [0.2, 0.25) is 5.91 Å². The number of ether oxygens (including phenoxy) is 1. The minimum Gasteiger partial charge on any atom is -0.457 e. The van der Waals surface area contributed by atoms with E-state index >= 15 is 0 Å². The minimum atomic E-state index is -4.45. The van der Waals surface area contributed by atoms with Crippen LogP contribution in [0.3, 0.4) is 0 Å². The Morgan fingerprint density at radius 3 is 2.43 bits per heavy atom. The van der Waals surface area contributed by atoms with E-state index in [2.05, 4.69) is 5.32 Å². The zero-order chi connectivity index (χ0) is 30.8. The van der Waals surface area contributed by atoms with Crippen LogP contribution >= 0.6 is 12.6 Å². The number of hydrogen-bond donors (Lipinski definition) is 2. The number of hydrogen-bond acceptors (Lipinski definition) is 6. The maximum atomic E-state index is 13.9.